The quantitative estimate of drug-likeness (QED) is 0.174. The van der Waals surface area contributed by atoms with Crippen LogP contribution in [-0.4, -0.2) is 85.7 Å². The van der Waals surface area contributed by atoms with Gasteiger partial charge >= 0.3 is 0 Å². The third-order valence-electron chi connectivity index (χ3n) is 18.5. The molecule has 2 saturated heterocycles. The van der Waals surface area contributed by atoms with Crippen LogP contribution in [0.4, 0.5) is 0 Å². The van der Waals surface area contributed by atoms with E-state index in [0.29, 0.717) is 31.1 Å². The Morgan fingerprint density at radius 2 is 1.69 bits per heavy atom. The lowest BCUT2D eigenvalue weighted by molar-refractivity contribution is -0.703. The van der Waals surface area contributed by atoms with Crippen molar-refractivity contribution in [1.29, 1.82) is 0 Å². The number of fused-ring (bicyclic) bond motifs is 6. The molecule has 55 heavy (non-hydrogen) atoms. The van der Waals surface area contributed by atoms with Crippen molar-refractivity contribution in [2.45, 2.75) is 203 Å². The predicted molar refractivity (Wildman–Crippen MR) is 211 cm³/mol. The summed E-state index contributed by atoms with van der Waals surface area (Å²) in [5, 5.41) is 63.8. The smallest absolute Gasteiger partial charge is 0.159 e. The molecule has 0 amide bonds. The molecule has 8 rings (SSSR count). The number of rotatable bonds is 9. The first kappa shape index (κ1) is 40.9. The zero-order valence-corrected chi connectivity index (χ0v) is 34.4. The normalized spacial score (nSPS) is 49.5. The van der Waals surface area contributed by atoms with Crippen molar-refractivity contribution in [3.05, 3.63) is 11.6 Å². The molecule has 0 aromatic heterocycles. The lowest BCUT2D eigenvalue weighted by Crippen LogP contribution is -2.95. The van der Waals surface area contributed by atoms with Crippen molar-refractivity contribution >= 4 is 5.78 Å². The number of ketones is 1. The SMILES string of the molecule is CCCC1CCC2OC(C(O)C(C)(O)C3CCC4(O)C5=CC(=O)C6CC(O)C(O)CC6(CCC6CCC(N)[NH2+]C6)C5CCC34C3CCCCC3)C(C)C2CC1. The van der Waals surface area contributed by atoms with Gasteiger partial charge in [0.2, 0.25) is 0 Å². The number of allylic oxidation sites excluding steroid dienone is 1. The van der Waals surface area contributed by atoms with Gasteiger partial charge in [0.05, 0.1) is 42.2 Å². The molecule has 2 heterocycles. The molecule has 0 aromatic carbocycles. The predicted octanol–water partition coefficient (Wildman–Crippen LogP) is 4.89. The number of carbonyl (C=O) groups excluding carboxylic acids is 1. The summed E-state index contributed by atoms with van der Waals surface area (Å²) in [6.07, 6.45) is 17.9. The van der Waals surface area contributed by atoms with E-state index in [1.165, 1.54) is 32.1 Å². The van der Waals surface area contributed by atoms with Crippen LogP contribution in [0, 0.1) is 58.2 Å². The number of hydrogen-bond donors (Lipinski definition) is 7. The molecule has 5 saturated carbocycles. The highest BCUT2D eigenvalue weighted by Crippen LogP contribution is 2.73. The fraction of sp³-hybridized carbons (Fsp3) is 0.935. The minimum Gasteiger partial charge on any atom is -0.390 e. The Morgan fingerprint density at radius 3 is 2.42 bits per heavy atom. The third kappa shape index (κ3) is 6.67. The van der Waals surface area contributed by atoms with Gasteiger partial charge in [-0.05, 0) is 149 Å². The number of carbonyl (C=O) groups is 1. The van der Waals surface area contributed by atoms with Crippen LogP contribution in [0.2, 0.25) is 0 Å². The Kier molecular flexibility index (Phi) is 11.6. The van der Waals surface area contributed by atoms with Crippen LogP contribution < -0.4 is 11.1 Å². The fourth-order valence-electron chi connectivity index (χ4n) is 15.7. The largest absolute Gasteiger partial charge is 0.390 e. The zero-order valence-electron chi connectivity index (χ0n) is 34.4. The Balaban J connectivity index is 1.12. The van der Waals surface area contributed by atoms with Gasteiger partial charge in [-0.25, -0.2) is 0 Å². The number of nitrogens with two attached hydrogens (primary N) is 2. The summed E-state index contributed by atoms with van der Waals surface area (Å²) in [4.78, 5) is 14.5. The van der Waals surface area contributed by atoms with E-state index in [2.05, 4.69) is 19.2 Å². The Labute approximate surface area is 331 Å². The van der Waals surface area contributed by atoms with Gasteiger partial charge in [-0.2, -0.15) is 0 Å². The second-order valence-corrected chi connectivity index (χ2v) is 21.0. The maximum absolute atomic E-state index is 14.5. The summed E-state index contributed by atoms with van der Waals surface area (Å²) in [6, 6.07) is 0. The number of piperidine rings is 1. The van der Waals surface area contributed by atoms with Gasteiger partial charge in [0.1, 0.15) is 12.3 Å². The first-order valence-electron chi connectivity index (χ1n) is 23.3. The van der Waals surface area contributed by atoms with Gasteiger partial charge in [0.15, 0.2) is 5.78 Å². The molecule has 2 aliphatic heterocycles. The van der Waals surface area contributed by atoms with Crippen LogP contribution in [-0.2, 0) is 9.53 Å². The van der Waals surface area contributed by atoms with E-state index in [1.807, 2.05) is 6.92 Å². The molecule has 9 N–H and O–H groups in total. The van der Waals surface area contributed by atoms with E-state index in [9.17, 15) is 30.3 Å². The molecule has 7 fully saturated rings. The van der Waals surface area contributed by atoms with Crippen molar-refractivity contribution in [2.75, 3.05) is 6.54 Å². The van der Waals surface area contributed by atoms with Crippen LogP contribution in [0.25, 0.3) is 0 Å². The number of quaternary nitrogens is 1. The zero-order chi connectivity index (χ0) is 38.9. The van der Waals surface area contributed by atoms with Crippen LogP contribution in [0.5, 0.6) is 0 Å². The van der Waals surface area contributed by atoms with E-state index in [4.69, 9.17) is 10.5 Å². The lowest BCUT2D eigenvalue weighted by atomic mass is 9.41. The molecular formula is C46H77N2O7+. The third-order valence-corrected chi connectivity index (χ3v) is 18.5. The summed E-state index contributed by atoms with van der Waals surface area (Å²) >= 11 is 0. The average molecular weight is 770 g/mol. The molecule has 0 radical (unpaired) electrons. The molecule has 17 atom stereocenters. The second-order valence-electron chi connectivity index (χ2n) is 21.0. The number of ether oxygens (including phenoxy) is 1. The first-order valence-corrected chi connectivity index (χ1v) is 23.3. The molecule has 8 aliphatic rings. The Bertz CT molecular complexity index is 1410. The molecule has 312 valence electrons. The minimum atomic E-state index is -1.50. The van der Waals surface area contributed by atoms with Crippen molar-refractivity contribution in [3.63, 3.8) is 0 Å². The van der Waals surface area contributed by atoms with Gasteiger partial charge < -0.3 is 35.6 Å². The summed E-state index contributed by atoms with van der Waals surface area (Å²) in [5.41, 5.74) is 3.06. The Hall–Kier alpha value is -0.910. The van der Waals surface area contributed by atoms with E-state index in [1.54, 1.807) is 6.08 Å². The van der Waals surface area contributed by atoms with Gasteiger partial charge in [-0.1, -0.05) is 52.4 Å². The number of aliphatic hydroxyl groups excluding tert-OH is 3. The molecule has 0 aromatic rings. The maximum atomic E-state index is 14.5. The van der Waals surface area contributed by atoms with Gasteiger partial charge in [-0.15, -0.1) is 0 Å². The molecule has 9 heteroatoms. The van der Waals surface area contributed by atoms with Crippen molar-refractivity contribution in [3.8, 4) is 0 Å². The average Bonchev–Trinajstić information content (AvgIpc) is 3.59. The number of aliphatic hydroxyl groups is 5. The highest BCUT2D eigenvalue weighted by molar-refractivity contribution is 5.95. The first-order chi connectivity index (χ1) is 26.3. The molecule has 0 bridgehead atoms. The van der Waals surface area contributed by atoms with E-state index < -0.39 is 46.4 Å². The van der Waals surface area contributed by atoms with E-state index in [-0.39, 0.29) is 54.1 Å². The highest BCUT2D eigenvalue weighted by Gasteiger charge is 2.73. The summed E-state index contributed by atoms with van der Waals surface area (Å²) < 4.78 is 6.82. The van der Waals surface area contributed by atoms with Crippen molar-refractivity contribution < 1.29 is 40.4 Å². The summed E-state index contributed by atoms with van der Waals surface area (Å²) in [7, 11) is 0. The van der Waals surface area contributed by atoms with Crippen LogP contribution >= 0.6 is 0 Å². The highest BCUT2D eigenvalue weighted by atomic mass is 16.5. The monoisotopic (exact) mass is 770 g/mol. The molecule has 0 spiro atoms. The van der Waals surface area contributed by atoms with E-state index in [0.717, 1.165) is 95.1 Å². The standard InChI is InChI=1S/C46H76N2O7/c1-4-8-28-11-14-31-27(2)41(55-38(31)15-12-28)42(52)43(3,53)39-19-22-46(54)33-23-35(49)34-24-36(50)37(51)25-44(34,20-17-29-13-16-40(47)48-26-29)32(33)18-21-45(39,46)30-9-6-5-7-10-30/h23,27-32,34,36-42,48,50-54H,4-22,24-26,47H2,1-3H3/p+1. The lowest BCUT2D eigenvalue weighted by Gasteiger charge is -2.64. The van der Waals surface area contributed by atoms with Crippen LogP contribution in [0.3, 0.4) is 0 Å². The van der Waals surface area contributed by atoms with Gasteiger partial charge in [-0.3, -0.25) is 10.5 Å². The number of hydrogen-bond acceptors (Lipinski definition) is 8. The summed E-state index contributed by atoms with van der Waals surface area (Å²) in [5.74, 6) is 1.10. The van der Waals surface area contributed by atoms with Crippen LogP contribution in [0.15, 0.2) is 11.6 Å². The minimum absolute atomic E-state index is 0.00887. The summed E-state index contributed by atoms with van der Waals surface area (Å²) in [6.45, 7) is 7.31. The molecule has 9 nitrogen and oxygen atoms in total. The van der Waals surface area contributed by atoms with Crippen molar-refractivity contribution in [1.82, 2.24) is 0 Å². The van der Waals surface area contributed by atoms with E-state index >= 15 is 0 Å². The molecule has 17 unspecified atom stereocenters. The van der Waals surface area contributed by atoms with Gasteiger partial charge in [0, 0.05) is 23.7 Å². The van der Waals surface area contributed by atoms with Crippen LogP contribution in [0.1, 0.15) is 156 Å². The van der Waals surface area contributed by atoms with Gasteiger partial charge in [0.25, 0.3) is 0 Å². The molecular weight excluding hydrogens is 693 g/mol. The topological polar surface area (TPSA) is 170 Å². The fourth-order valence-corrected chi connectivity index (χ4v) is 15.7. The second kappa shape index (κ2) is 15.6. The molecule has 6 aliphatic carbocycles. The Morgan fingerprint density at radius 1 is 0.945 bits per heavy atom. The van der Waals surface area contributed by atoms with Crippen molar-refractivity contribution in [2.24, 2.45) is 63.9 Å². The maximum Gasteiger partial charge on any atom is 0.159 e.